The van der Waals surface area contributed by atoms with Crippen LogP contribution in [-0.2, 0) is 0 Å². The molecule has 0 unspecified atom stereocenters. The van der Waals surface area contributed by atoms with Crippen LogP contribution in [0.25, 0.3) is 0 Å². The van der Waals surface area contributed by atoms with Gasteiger partial charge in [-0.15, -0.1) is 0 Å². The Morgan fingerprint density at radius 3 is 2.62 bits per heavy atom. The van der Waals surface area contributed by atoms with Gasteiger partial charge in [0.15, 0.2) is 5.78 Å². The third-order valence-corrected chi connectivity index (χ3v) is 2.81. The van der Waals surface area contributed by atoms with Crippen LogP contribution in [0.15, 0.2) is 30.3 Å². The summed E-state index contributed by atoms with van der Waals surface area (Å²) in [7, 11) is 0. The summed E-state index contributed by atoms with van der Waals surface area (Å²) in [6, 6.07) is 9.49. The number of ketones is 1. The largest absolute Gasteiger partial charge is 0.352 e. The number of hydrogen-bond donors (Lipinski definition) is 2. The van der Waals surface area contributed by atoms with Crippen molar-refractivity contribution in [3.8, 4) is 0 Å². The number of aromatic nitrogens is 2. The fraction of sp³-hybridized carbons (Fsp3) is 0.312. The number of nitrogens with one attached hydrogen (secondary N) is 2. The smallest absolute Gasteiger partial charge is 0.225 e. The number of carbonyl (C=O) groups is 1. The van der Waals surface area contributed by atoms with Crippen LogP contribution in [0.3, 0.4) is 0 Å². The topological polar surface area (TPSA) is 66.9 Å². The monoisotopic (exact) mass is 284 g/mol. The molecule has 5 nitrogen and oxygen atoms in total. The van der Waals surface area contributed by atoms with Crippen molar-refractivity contribution in [3.05, 3.63) is 41.6 Å². The molecule has 0 amide bonds. The quantitative estimate of drug-likeness (QED) is 0.822. The van der Waals surface area contributed by atoms with E-state index in [1.54, 1.807) is 13.0 Å². The summed E-state index contributed by atoms with van der Waals surface area (Å²) in [5, 5.41) is 6.40. The Labute approximate surface area is 124 Å². The molecular formula is C16H20N4O. The second-order valence-corrected chi connectivity index (χ2v) is 5.28. The molecule has 0 aliphatic rings. The van der Waals surface area contributed by atoms with Crippen LogP contribution >= 0.6 is 0 Å². The Bertz CT molecular complexity index is 652. The number of benzene rings is 1. The normalized spacial score (nSPS) is 10.5. The predicted octanol–water partition coefficient (Wildman–Crippen LogP) is 3.55. The van der Waals surface area contributed by atoms with Gasteiger partial charge in [-0.25, -0.2) is 4.98 Å². The van der Waals surface area contributed by atoms with Crippen molar-refractivity contribution < 1.29 is 4.79 Å². The van der Waals surface area contributed by atoms with Gasteiger partial charge in [-0.2, -0.15) is 4.98 Å². The zero-order valence-electron chi connectivity index (χ0n) is 12.8. The van der Waals surface area contributed by atoms with Gasteiger partial charge in [0.2, 0.25) is 5.95 Å². The SMILES string of the molecule is CC(=O)c1cccc(Nc2cc(C)nc(NC(C)C)n2)c1. The average molecular weight is 284 g/mol. The molecule has 1 aromatic carbocycles. The zero-order valence-corrected chi connectivity index (χ0v) is 12.8. The molecule has 2 rings (SSSR count). The molecule has 0 saturated heterocycles. The Balaban J connectivity index is 2.24. The van der Waals surface area contributed by atoms with E-state index < -0.39 is 0 Å². The van der Waals surface area contributed by atoms with Crippen molar-refractivity contribution in [2.75, 3.05) is 10.6 Å². The van der Waals surface area contributed by atoms with Crippen LogP contribution in [0.2, 0.25) is 0 Å². The molecule has 0 fully saturated rings. The number of carbonyl (C=O) groups excluding carboxylic acids is 1. The molecule has 0 aliphatic carbocycles. The van der Waals surface area contributed by atoms with Gasteiger partial charge in [-0.3, -0.25) is 4.79 Å². The molecule has 21 heavy (non-hydrogen) atoms. The lowest BCUT2D eigenvalue weighted by Crippen LogP contribution is -2.13. The maximum Gasteiger partial charge on any atom is 0.225 e. The number of hydrogen-bond acceptors (Lipinski definition) is 5. The van der Waals surface area contributed by atoms with Gasteiger partial charge >= 0.3 is 0 Å². The van der Waals surface area contributed by atoms with Gasteiger partial charge in [-0.05, 0) is 39.8 Å². The summed E-state index contributed by atoms with van der Waals surface area (Å²) in [4.78, 5) is 20.2. The van der Waals surface area contributed by atoms with Gasteiger partial charge in [0.05, 0.1) is 0 Å². The summed E-state index contributed by atoms with van der Waals surface area (Å²) in [5.41, 5.74) is 2.38. The third-order valence-electron chi connectivity index (χ3n) is 2.81. The van der Waals surface area contributed by atoms with Crippen LogP contribution in [0, 0.1) is 6.92 Å². The first kappa shape index (κ1) is 15.0. The molecule has 0 aliphatic heterocycles. The van der Waals surface area contributed by atoms with Crippen molar-refractivity contribution in [2.24, 2.45) is 0 Å². The first-order valence-corrected chi connectivity index (χ1v) is 6.94. The van der Waals surface area contributed by atoms with Crippen LogP contribution in [0.1, 0.15) is 36.8 Å². The molecular weight excluding hydrogens is 264 g/mol. The molecule has 2 N–H and O–H groups in total. The molecule has 2 aromatic rings. The summed E-state index contributed by atoms with van der Waals surface area (Å²) in [6.07, 6.45) is 0. The minimum Gasteiger partial charge on any atom is -0.352 e. The Hall–Kier alpha value is -2.43. The lowest BCUT2D eigenvalue weighted by atomic mass is 10.1. The van der Waals surface area contributed by atoms with Crippen LogP contribution in [-0.4, -0.2) is 21.8 Å². The number of nitrogens with zero attached hydrogens (tertiary/aromatic N) is 2. The van der Waals surface area contributed by atoms with Gasteiger partial charge < -0.3 is 10.6 Å². The predicted molar refractivity (Wildman–Crippen MR) is 85.3 cm³/mol. The molecule has 0 saturated carbocycles. The standard InChI is InChI=1S/C16H20N4O/c1-10(2)17-16-18-11(3)8-15(20-16)19-14-7-5-6-13(9-14)12(4)21/h5-10H,1-4H3,(H2,17,18,19,20). The van der Waals surface area contributed by atoms with Crippen molar-refractivity contribution in [1.29, 1.82) is 0 Å². The van der Waals surface area contributed by atoms with E-state index in [1.807, 2.05) is 45.0 Å². The molecule has 110 valence electrons. The minimum atomic E-state index is 0.0414. The lowest BCUT2D eigenvalue weighted by molar-refractivity contribution is 0.101. The molecule has 5 heteroatoms. The second kappa shape index (κ2) is 6.35. The van der Waals surface area contributed by atoms with E-state index in [0.717, 1.165) is 11.4 Å². The number of Topliss-reactive ketones (excluding diaryl/α,β-unsaturated/α-hetero) is 1. The minimum absolute atomic E-state index is 0.0414. The molecule has 1 aromatic heterocycles. The average Bonchev–Trinajstić information content (AvgIpc) is 2.37. The molecule has 0 spiro atoms. The van der Waals surface area contributed by atoms with Gasteiger partial charge in [-0.1, -0.05) is 12.1 Å². The summed E-state index contributed by atoms with van der Waals surface area (Å²) in [6.45, 7) is 7.55. The van der Waals surface area contributed by atoms with Crippen molar-refractivity contribution >= 4 is 23.2 Å². The van der Waals surface area contributed by atoms with Gasteiger partial charge in [0.25, 0.3) is 0 Å². The summed E-state index contributed by atoms with van der Waals surface area (Å²) in [5.74, 6) is 1.33. The highest BCUT2D eigenvalue weighted by Crippen LogP contribution is 2.18. The molecule has 0 atom stereocenters. The number of rotatable bonds is 5. The Kier molecular flexibility index (Phi) is 4.52. The second-order valence-electron chi connectivity index (χ2n) is 5.28. The number of aryl methyl sites for hydroxylation is 1. The van der Waals surface area contributed by atoms with E-state index in [0.29, 0.717) is 17.3 Å². The Morgan fingerprint density at radius 1 is 1.19 bits per heavy atom. The highest BCUT2D eigenvalue weighted by molar-refractivity contribution is 5.95. The van der Waals surface area contributed by atoms with Crippen LogP contribution in [0.5, 0.6) is 0 Å². The number of anilines is 3. The van der Waals surface area contributed by atoms with E-state index >= 15 is 0 Å². The fourth-order valence-corrected chi connectivity index (χ4v) is 1.92. The molecule has 1 heterocycles. The van der Waals surface area contributed by atoms with E-state index in [2.05, 4.69) is 20.6 Å². The maximum atomic E-state index is 11.4. The first-order chi connectivity index (χ1) is 9.94. The molecule has 0 radical (unpaired) electrons. The van der Waals surface area contributed by atoms with Gasteiger partial charge in [0, 0.05) is 29.1 Å². The third kappa shape index (κ3) is 4.27. The van der Waals surface area contributed by atoms with E-state index in [-0.39, 0.29) is 11.8 Å². The molecule has 0 bridgehead atoms. The Morgan fingerprint density at radius 2 is 1.95 bits per heavy atom. The summed E-state index contributed by atoms with van der Waals surface area (Å²) >= 11 is 0. The van der Waals surface area contributed by atoms with Crippen molar-refractivity contribution in [1.82, 2.24) is 9.97 Å². The van der Waals surface area contributed by atoms with Crippen LogP contribution in [0.4, 0.5) is 17.5 Å². The highest BCUT2D eigenvalue weighted by Gasteiger charge is 2.05. The first-order valence-electron chi connectivity index (χ1n) is 6.94. The van der Waals surface area contributed by atoms with Crippen LogP contribution < -0.4 is 10.6 Å². The van der Waals surface area contributed by atoms with Gasteiger partial charge in [0.1, 0.15) is 5.82 Å². The van der Waals surface area contributed by atoms with E-state index in [9.17, 15) is 4.79 Å². The van der Waals surface area contributed by atoms with E-state index in [1.165, 1.54) is 0 Å². The lowest BCUT2D eigenvalue weighted by Gasteiger charge is -2.12. The maximum absolute atomic E-state index is 11.4. The zero-order chi connectivity index (χ0) is 15.4. The van der Waals surface area contributed by atoms with E-state index in [4.69, 9.17) is 0 Å². The van der Waals surface area contributed by atoms with Crippen molar-refractivity contribution in [2.45, 2.75) is 33.7 Å². The van der Waals surface area contributed by atoms with Crippen molar-refractivity contribution in [3.63, 3.8) is 0 Å². The summed E-state index contributed by atoms with van der Waals surface area (Å²) < 4.78 is 0. The highest BCUT2D eigenvalue weighted by atomic mass is 16.1. The fourth-order valence-electron chi connectivity index (χ4n) is 1.92.